The van der Waals surface area contributed by atoms with E-state index in [4.69, 9.17) is 4.74 Å². The van der Waals surface area contributed by atoms with Crippen LogP contribution in [-0.2, 0) is 21.4 Å². The number of carbonyl (C=O) groups excluding carboxylic acids is 1. The Morgan fingerprint density at radius 1 is 1.13 bits per heavy atom. The molecular formula is C21H24F2N2O4S. The first-order valence-corrected chi connectivity index (χ1v) is 11.1. The van der Waals surface area contributed by atoms with Crippen LogP contribution in [0.15, 0.2) is 47.4 Å². The number of ether oxygens (including phenoxy) is 1. The van der Waals surface area contributed by atoms with Gasteiger partial charge in [-0.15, -0.1) is 0 Å². The molecule has 1 aliphatic rings. The van der Waals surface area contributed by atoms with E-state index < -0.39 is 33.6 Å². The molecule has 9 heteroatoms. The molecule has 2 aromatic carbocycles. The van der Waals surface area contributed by atoms with Gasteiger partial charge in [-0.2, -0.15) is 4.31 Å². The van der Waals surface area contributed by atoms with Crippen LogP contribution in [0.2, 0.25) is 0 Å². The van der Waals surface area contributed by atoms with Gasteiger partial charge in [-0.3, -0.25) is 4.79 Å². The number of benzene rings is 2. The van der Waals surface area contributed by atoms with E-state index >= 15 is 0 Å². The number of hydrogen-bond acceptors (Lipinski definition) is 4. The topological polar surface area (TPSA) is 75.7 Å². The molecule has 2 aromatic rings. The number of sulfonamides is 1. The molecule has 1 unspecified atom stereocenters. The van der Waals surface area contributed by atoms with Crippen LogP contribution in [0, 0.1) is 11.6 Å². The summed E-state index contributed by atoms with van der Waals surface area (Å²) in [4.78, 5) is 12.5. The van der Waals surface area contributed by atoms with E-state index in [1.165, 1.54) is 29.6 Å². The molecule has 1 saturated heterocycles. The molecule has 3 rings (SSSR count). The quantitative estimate of drug-likeness (QED) is 0.720. The molecule has 1 N–H and O–H groups in total. The highest BCUT2D eigenvalue weighted by Gasteiger charge is 2.34. The van der Waals surface area contributed by atoms with Gasteiger partial charge in [-0.1, -0.05) is 12.5 Å². The number of methoxy groups -OCH3 is 1. The Morgan fingerprint density at radius 2 is 1.80 bits per heavy atom. The summed E-state index contributed by atoms with van der Waals surface area (Å²) < 4.78 is 60.1. The zero-order chi connectivity index (χ0) is 21.7. The lowest BCUT2D eigenvalue weighted by molar-refractivity contribution is -0.122. The summed E-state index contributed by atoms with van der Waals surface area (Å²) in [5.74, 6) is -1.39. The minimum atomic E-state index is -3.78. The summed E-state index contributed by atoms with van der Waals surface area (Å²) in [5, 5.41) is 2.50. The van der Waals surface area contributed by atoms with Gasteiger partial charge in [0.25, 0.3) is 0 Å². The number of piperidine rings is 1. The van der Waals surface area contributed by atoms with Crippen LogP contribution in [0.1, 0.15) is 31.2 Å². The lowest BCUT2D eigenvalue weighted by Gasteiger charge is -2.34. The Kier molecular flexibility index (Phi) is 7.04. The second-order valence-electron chi connectivity index (χ2n) is 7.12. The maximum atomic E-state index is 13.7. The predicted molar refractivity (Wildman–Crippen MR) is 107 cm³/mol. The molecule has 0 aliphatic carbocycles. The van der Waals surface area contributed by atoms with Gasteiger partial charge in [0.15, 0.2) is 0 Å². The van der Waals surface area contributed by atoms with Gasteiger partial charge >= 0.3 is 0 Å². The predicted octanol–water partition coefficient (Wildman–Crippen LogP) is 3.22. The SMILES string of the molecule is COc1ccc(S(=O)(=O)N2CCCCC2CC(=O)NCc2c(F)cccc2F)cc1. The molecule has 1 fully saturated rings. The van der Waals surface area contributed by atoms with Crippen molar-refractivity contribution < 1.29 is 26.7 Å². The van der Waals surface area contributed by atoms with Gasteiger partial charge in [0, 0.05) is 31.1 Å². The summed E-state index contributed by atoms with van der Waals surface area (Å²) in [6.07, 6.45) is 1.96. The third-order valence-electron chi connectivity index (χ3n) is 5.18. The first-order valence-electron chi connectivity index (χ1n) is 9.68. The largest absolute Gasteiger partial charge is 0.497 e. The first-order chi connectivity index (χ1) is 14.3. The standard InChI is InChI=1S/C21H24F2N2O4S/c1-29-16-8-10-17(11-9-16)30(27,28)25-12-3-2-5-15(25)13-21(26)24-14-18-19(22)6-4-7-20(18)23/h4,6-11,15H,2-3,5,12-14H2,1H3,(H,24,26). The van der Waals surface area contributed by atoms with Crippen molar-refractivity contribution in [2.75, 3.05) is 13.7 Å². The third kappa shape index (κ3) is 4.96. The number of nitrogens with zero attached hydrogens (tertiary/aromatic N) is 1. The fourth-order valence-electron chi connectivity index (χ4n) is 3.55. The minimum absolute atomic E-state index is 0.0779. The highest BCUT2D eigenvalue weighted by molar-refractivity contribution is 7.89. The Labute approximate surface area is 174 Å². The molecule has 1 atom stereocenters. The van der Waals surface area contributed by atoms with Gasteiger partial charge in [-0.25, -0.2) is 17.2 Å². The average Bonchev–Trinajstić information content (AvgIpc) is 2.73. The Morgan fingerprint density at radius 3 is 2.43 bits per heavy atom. The van der Waals surface area contributed by atoms with E-state index in [2.05, 4.69) is 5.32 Å². The number of nitrogens with one attached hydrogen (secondary N) is 1. The summed E-state index contributed by atoms with van der Waals surface area (Å²) >= 11 is 0. The smallest absolute Gasteiger partial charge is 0.243 e. The van der Waals surface area contributed by atoms with Crippen molar-refractivity contribution in [3.63, 3.8) is 0 Å². The van der Waals surface area contributed by atoms with Crippen LogP contribution in [0.25, 0.3) is 0 Å². The Hall–Kier alpha value is -2.52. The van der Waals surface area contributed by atoms with Gasteiger partial charge in [0.2, 0.25) is 15.9 Å². The molecule has 1 amide bonds. The fourth-order valence-corrected chi connectivity index (χ4v) is 5.24. The van der Waals surface area contributed by atoms with Crippen molar-refractivity contribution in [3.05, 3.63) is 59.7 Å². The lowest BCUT2D eigenvalue weighted by Crippen LogP contribution is -2.45. The summed E-state index contributed by atoms with van der Waals surface area (Å²) in [6, 6.07) is 9.06. The van der Waals surface area contributed by atoms with Crippen LogP contribution in [0.4, 0.5) is 8.78 Å². The van der Waals surface area contributed by atoms with Crippen molar-refractivity contribution in [3.8, 4) is 5.75 Å². The molecule has 1 heterocycles. The summed E-state index contributed by atoms with van der Waals surface area (Å²) in [6.45, 7) is 0.0174. The van der Waals surface area contributed by atoms with E-state index in [0.29, 0.717) is 25.1 Å². The van der Waals surface area contributed by atoms with E-state index in [0.717, 1.165) is 18.6 Å². The van der Waals surface area contributed by atoms with E-state index in [1.807, 2.05) is 0 Å². The van der Waals surface area contributed by atoms with Gasteiger partial charge in [0.05, 0.1) is 12.0 Å². The van der Waals surface area contributed by atoms with Gasteiger partial charge in [0.1, 0.15) is 17.4 Å². The molecule has 1 aliphatic heterocycles. The van der Waals surface area contributed by atoms with Crippen molar-refractivity contribution in [2.45, 2.75) is 43.2 Å². The fraction of sp³-hybridized carbons (Fsp3) is 0.381. The number of rotatable bonds is 7. The number of amides is 1. The van der Waals surface area contributed by atoms with Crippen LogP contribution in [0.3, 0.4) is 0 Å². The van der Waals surface area contributed by atoms with E-state index in [1.54, 1.807) is 12.1 Å². The zero-order valence-corrected chi connectivity index (χ0v) is 17.4. The van der Waals surface area contributed by atoms with Crippen molar-refractivity contribution in [1.29, 1.82) is 0 Å². The molecule has 30 heavy (non-hydrogen) atoms. The van der Waals surface area contributed by atoms with Crippen LogP contribution in [-0.4, -0.2) is 38.3 Å². The normalized spacial score (nSPS) is 17.5. The zero-order valence-electron chi connectivity index (χ0n) is 16.6. The maximum absolute atomic E-state index is 13.7. The number of hydrogen-bond donors (Lipinski definition) is 1. The Balaban J connectivity index is 1.69. The molecule has 0 bridgehead atoms. The molecule has 6 nitrogen and oxygen atoms in total. The molecular weight excluding hydrogens is 414 g/mol. The number of halogens is 2. The van der Waals surface area contributed by atoms with Crippen LogP contribution >= 0.6 is 0 Å². The van der Waals surface area contributed by atoms with Gasteiger partial charge in [-0.05, 0) is 49.2 Å². The molecule has 0 spiro atoms. The highest BCUT2D eigenvalue weighted by atomic mass is 32.2. The second kappa shape index (κ2) is 9.53. The minimum Gasteiger partial charge on any atom is -0.497 e. The second-order valence-corrected chi connectivity index (χ2v) is 9.01. The van der Waals surface area contributed by atoms with Crippen molar-refractivity contribution in [1.82, 2.24) is 9.62 Å². The van der Waals surface area contributed by atoms with Crippen LogP contribution < -0.4 is 10.1 Å². The lowest BCUT2D eigenvalue weighted by atomic mass is 10.0. The average molecular weight is 438 g/mol. The van der Waals surface area contributed by atoms with Gasteiger partial charge < -0.3 is 10.1 Å². The summed E-state index contributed by atoms with van der Waals surface area (Å²) in [7, 11) is -2.29. The highest BCUT2D eigenvalue weighted by Crippen LogP contribution is 2.28. The molecule has 0 aromatic heterocycles. The number of carbonyl (C=O) groups is 1. The molecule has 0 radical (unpaired) electrons. The van der Waals surface area contributed by atoms with Crippen molar-refractivity contribution >= 4 is 15.9 Å². The third-order valence-corrected chi connectivity index (χ3v) is 7.15. The molecule has 162 valence electrons. The van der Waals surface area contributed by atoms with Crippen LogP contribution in [0.5, 0.6) is 5.75 Å². The molecule has 0 saturated carbocycles. The van der Waals surface area contributed by atoms with E-state index in [-0.39, 0.29) is 23.4 Å². The monoisotopic (exact) mass is 438 g/mol. The Bertz CT molecular complexity index is 976. The van der Waals surface area contributed by atoms with Crippen molar-refractivity contribution in [2.24, 2.45) is 0 Å². The summed E-state index contributed by atoms with van der Waals surface area (Å²) in [5.41, 5.74) is -0.225. The van der Waals surface area contributed by atoms with E-state index in [9.17, 15) is 22.0 Å². The first kappa shape index (κ1) is 22.2. The maximum Gasteiger partial charge on any atom is 0.243 e.